The second kappa shape index (κ2) is 9.00. The fraction of sp³-hybridized carbons (Fsp3) is 0.500. The zero-order chi connectivity index (χ0) is 17.6. The van der Waals surface area contributed by atoms with Crippen LogP contribution in [0.1, 0.15) is 25.8 Å². The molecule has 0 saturated heterocycles. The van der Waals surface area contributed by atoms with Crippen molar-refractivity contribution in [2.75, 3.05) is 0 Å². The highest BCUT2D eigenvalue weighted by molar-refractivity contribution is 9.10. The Hall–Kier alpha value is -1.44. The maximum absolute atomic E-state index is 12.0. The van der Waals surface area contributed by atoms with Crippen LogP contribution >= 0.6 is 15.9 Å². The van der Waals surface area contributed by atoms with Gasteiger partial charge in [-0.25, -0.2) is 4.79 Å². The van der Waals surface area contributed by atoms with E-state index in [2.05, 4.69) is 21.2 Å². The van der Waals surface area contributed by atoms with Crippen molar-refractivity contribution in [1.82, 2.24) is 5.32 Å². The number of aliphatic hydroxyl groups excluding tert-OH is 1. The zero-order valence-corrected chi connectivity index (χ0v) is 14.8. The van der Waals surface area contributed by atoms with Crippen LogP contribution in [-0.4, -0.2) is 40.3 Å². The second-order valence-corrected chi connectivity index (χ2v) is 6.89. The molecule has 0 aromatic heterocycles. The number of amides is 1. The number of benzene rings is 1. The van der Waals surface area contributed by atoms with E-state index >= 15 is 0 Å². The van der Waals surface area contributed by atoms with Gasteiger partial charge in [0.15, 0.2) is 0 Å². The summed E-state index contributed by atoms with van der Waals surface area (Å²) >= 11 is 3.34. The number of carbonyl (C=O) groups is 2. The van der Waals surface area contributed by atoms with Crippen LogP contribution in [0.4, 0.5) is 0 Å². The van der Waals surface area contributed by atoms with Crippen LogP contribution < -0.4 is 11.1 Å². The highest BCUT2D eigenvalue weighted by Gasteiger charge is 2.28. The zero-order valence-electron chi connectivity index (χ0n) is 13.2. The predicted molar refractivity (Wildman–Crippen MR) is 90.8 cm³/mol. The molecule has 0 fully saturated rings. The summed E-state index contributed by atoms with van der Waals surface area (Å²) in [7, 11) is 0. The second-order valence-electron chi connectivity index (χ2n) is 5.97. The summed E-state index contributed by atoms with van der Waals surface area (Å²) < 4.78 is 0.879. The first-order valence-electron chi connectivity index (χ1n) is 7.42. The minimum Gasteiger partial charge on any atom is -0.480 e. The molecule has 1 rings (SSSR count). The minimum atomic E-state index is -1.47. The lowest BCUT2D eigenvalue weighted by Gasteiger charge is -2.22. The summed E-state index contributed by atoms with van der Waals surface area (Å²) in [5.74, 6) is -1.79. The Morgan fingerprint density at radius 2 is 2.00 bits per heavy atom. The van der Waals surface area contributed by atoms with Crippen molar-refractivity contribution in [2.45, 2.75) is 44.9 Å². The van der Waals surface area contributed by atoms with Crippen LogP contribution in [-0.2, 0) is 16.0 Å². The van der Waals surface area contributed by atoms with Gasteiger partial charge in [0.2, 0.25) is 0 Å². The quantitative estimate of drug-likeness (QED) is 0.537. The fourth-order valence-electron chi connectivity index (χ4n) is 2.19. The van der Waals surface area contributed by atoms with Crippen molar-refractivity contribution in [3.05, 3.63) is 34.3 Å². The van der Waals surface area contributed by atoms with Gasteiger partial charge >= 0.3 is 5.97 Å². The van der Waals surface area contributed by atoms with Crippen LogP contribution in [0.15, 0.2) is 28.7 Å². The van der Waals surface area contributed by atoms with E-state index < -0.39 is 30.1 Å². The Kier molecular flexibility index (Phi) is 7.67. The van der Waals surface area contributed by atoms with Gasteiger partial charge in [-0.2, -0.15) is 0 Å². The molecular formula is C16H23BrN2O4. The highest BCUT2D eigenvalue weighted by atomic mass is 79.9. The maximum Gasteiger partial charge on any atom is 0.326 e. The van der Waals surface area contributed by atoms with Crippen molar-refractivity contribution in [2.24, 2.45) is 11.7 Å². The molecule has 6 nitrogen and oxygen atoms in total. The summed E-state index contributed by atoms with van der Waals surface area (Å²) in [5.41, 5.74) is 6.75. The Morgan fingerprint density at radius 3 is 2.52 bits per heavy atom. The largest absolute Gasteiger partial charge is 0.480 e. The lowest BCUT2D eigenvalue weighted by atomic mass is 10.00. The van der Waals surface area contributed by atoms with Crippen molar-refractivity contribution >= 4 is 27.8 Å². The van der Waals surface area contributed by atoms with Gasteiger partial charge in [0.25, 0.3) is 5.91 Å². The summed E-state index contributed by atoms with van der Waals surface area (Å²) in [6.45, 7) is 3.72. The molecule has 0 aliphatic rings. The van der Waals surface area contributed by atoms with Crippen molar-refractivity contribution in [3.63, 3.8) is 0 Å². The third-order valence-electron chi connectivity index (χ3n) is 3.36. The van der Waals surface area contributed by atoms with E-state index in [-0.39, 0.29) is 12.3 Å². The molecule has 0 bridgehead atoms. The Morgan fingerprint density at radius 1 is 1.35 bits per heavy atom. The van der Waals surface area contributed by atoms with Crippen LogP contribution in [0, 0.1) is 5.92 Å². The van der Waals surface area contributed by atoms with Gasteiger partial charge in [-0.1, -0.05) is 41.9 Å². The van der Waals surface area contributed by atoms with Gasteiger partial charge in [-0.3, -0.25) is 4.79 Å². The standard InChI is InChI=1S/C16H23BrN2O4/c1-9(2)6-13(16(22)23)19-15(21)14(20)12(18)8-10-4-3-5-11(17)7-10/h3-5,7,9,12-14,20H,6,8,18H2,1-2H3,(H,19,21)(H,22,23)/t12-,13+,14+/m1/s1. The van der Waals surface area contributed by atoms with E-state index in [1.165, 1.54) is 0 Å². The number of carbonyl (C=O) groups excluding carboxylic acids is 1. The molecule has 0 saturated carbocycles. The molecule has 0 heterocycles. The lowest BCUT2D eigenvalue weighted by Crippen LogP contribution is -2.52. The molecule has 5 N–H and O–H groups in total. The van der Waals surface area contributed by atoms with Gasteiger partial charge < -0.3 is 21.3 Å². The van der Waals surface area contributed by atoms with E-state index in [0.717, 1.165) is 10.0 Å². The molecule has 0 spiro atoms. The fourth-order valence-corrected chi connectivity index (χ4v) is 2.64. The number of carboxylic acid groups (broad SMARTS) is 1. The average Bonchev–Trinajstić information content (AvgIpc) is 2.44. The van der Waals surface area contributed by atoms with Gasteiger partial charge in [-0.05, 0) is 36.5 Å². The third-order valence-corrected chi connectivity index (χ3v) is 3.85. The van der Waals surface area contributed by atoms with E-state index in [4.69, 9.17) is 10.8 Å². The third kappa shape index (κ3) is 6.68. The first-order valence-corrected chi connectivity index (χ1v) is 8.21. The normalized spacial score (nSPS) is 15.0. The van der Waals surface area contributed by atoms with Gasteiger partial charge in [-0.15, -0.1) is 0 Å². The van der Waals surface area contributed by atoms with Crippen LogP contribution in [0.5, 0.6) is 0 Å². The molecule has 0 aliphatic heterocycles. The van der Waals surface area contributed by atoms with Crippen molar-refractivity contribution < 1.29 is 19.8 Å². The number of halogens is 1. The number of carboxylic acids is 1. The van der Waals surface area contributed by atoms with Crippen molar-refractivity contribution in [1.29, 1.82) is 0 Å². The first-order chi connectivity index (χ1) is 10.7. The number of rotatable bonds is 8. The van der Waals surface area contributed by atoms with E-state index in [1.807, 2.05) is 38.1 Å². The molecule has 23 heavy (non-hydrogen) atoms. The lowest BCUT2D eigenvalue weighted by molar-refractivity contribution is -0.144. The number of hydrogen-bond donors (Lipinski definition) is 4. The topological polar surface area (TPSA) is 113 Å². The molecule has 1 aromatic carbocycles. The molecule has 1 aromatic rings. The number of nitrogens with one attached hydrogen (secondary N) is 1. The monoisotopic (exact) mass is 386 g/mol. The highest BCUT2D eigenvalue weighted by Crippen LogP contribution is 2.14. The van der Waals surface area contributed by atoms with Crippen LogP contribution in [0.25, 0.3) is 0 Å². The predicted octanol–water partition coefficient (Wildman–Crippen LogP) is 1.30. The molecule has 1 amide bonds. The van der Waals surface area contributed by atoms with E-state index in [0.29, 0.717) is 6.42 Å². The molecule has 0 radical (unpaired) electrons. The summed E-state index contributed by atoms with van der Waals surface area (Å²) in [6, 6.07) is 5.54. The summed E-state index contributed by atoms with van der Waals surface area (Å²) in [4.78, 5) is 23.2. The average molecular weight is 387 g/mol. The van der Waals surface area contributed by atoms with Crippen LogP contribution in [0.2, 0.25) is 0 Å². The van der Waals surface area contributed by atoms with Gasteiger partial charge in [0.1, 0.15) is 12.1 Å². The van der Waals surface area contributed by atoms with Gasteiger partial charge in [0, 0.05) is 10.5 Å². The Balaban J connectivity index is 2.65. The maximum atomic E-state index is 12.0. The number of aliphatic hydroxyl groups is 1. The molecular weight excluding hydrogens is 364 g/mol. The Labute approximate surface area is 144 Å². The molecule has 0 unspecified atom stereocenters. The molecule has 3 atom stereocenters. The SMILES string of the molecule is CC(C)C[C@H](NC(=O)[C@@H](O)[C@H](N)Cc1cccc(Br)c1)C(=O)O. The van der Waals surface area contributed by atoms with E-state index in [9.17, 15) is 14.7 Å². The molecule has 128 valence electrons. The first kappa shape index (κ1) is 19.6. The number of hydrogen-bond acceptors (Lipinski definition) is 4. The molecule has 0 aliphatic carbocycles. The minimum absolute atomic E-state index is 0.101. The summed E-state index contributed by atoms with van der Waals surface area (Å²) in [5, 5.41) is 21.5. The number of aliphatic carboxylic acids is 1. The van der Waals surface area contributed by atoms with Crippen LogP contribution in [0.3, 0.4) is 0 Å². The van der Waals surface area contributed by atoms with Crippen molar-refractivity contribution in [3.8, 4) is 0 Å². The smallest absolute Gasteiger partial charge is 0.326 e. The van der Waals surface area contributed by atoms with Gasteiger partial charge in [0.05, 0.1) is 0 Å². The van der Waals surface area contributed by atoms with E-state index in [1.54, 1.807) is 0 Å². The Bertz CT molecular complexity index is 551. The summed E-state index contributed by atoms with van der Waals surface area (Å²) in [6.07, 6.45) is -0.882. The number of nitrogens with two attached hydrogens (primary N) is 1. The molecule has 7 heteroatoms.